The number of aliphatic carboxylic acids is 1. The Morgan fingerprint density at radius 1 is 1.60 bits per heavy atom. The van der Waals surface area contributed by atoms with E-state index in [1.807, 2.05) is 12.1 Å². The number of carboxylic acids is 1. The summed E-state index contributed by atoms with van der Waals surface area (Å²) in [5.74, 6) is 0.213. The first-order chi connectivity index (χ1) is 7.20. The average molecular weight is 208 g/mol. The molecule has 0 saturated carbocycles. The summed E-state index contributed by atoms with van der Waals surface area (Å²) in [7, 11) is 1.58. The lowest BCUT2D eigenvalue weighted by Crippen LogP contribution is -2.27. The summed E-state index contributed by atoms with van der Waals surface area (Å²) in [5, 5.41) is 8.88. The molecule has 80 valence electrons. The molecule has 2 rings (SSSR count). The van der Waals surface area contributed by atoms with Crippen LogP contribution in [0.3, 0.4) is 0 Å². The Kier molecular flexibility index (Phi) is 2.49. The molecule has 0 aliphatic carbocycles. The van der Waals surface area contributed by atoms with Gasteiger partial charge in [-0.2, -0.15) is 0 Å². The standard InChI is InChI=1S/C11H12O4/c1-14-9-2-3-10-7(5-9)4-8(6-15-10)11(12)13/h2-3,5,8H,4,6H2,1H3,(H,12,13). The molecule has 1 N–H and O–H groups in total. The highest BCUT2D eigenvalue weighted by Gasteiger charge is 2.25. The first-order valence-corrected chi connectivity index (χ1v) is 4.73. The van der Waals surface area contributed by atoms with Gasteiger partial charge in [-0.25, -0.2) is 0 Å². The maximum absolute atomic E-state index is 10.8. The molecule has 0 saturated heterocycles. The predicted octanol–water partition coefficient (Wildman–Crippen LogP) is 1.33. The third-order valence-electron chi connectivity index (χ3n) is 2.52. The van der Waals surface area contributed by atoms with E-state index >= 15 is 0 Å². The van der Waals surface area contributed by atoms with E-state index in [0.29, 0.717) is 6.42 Å². The molecule has 1 aromatic carbocycles. The number of hydrogen-bond donors (Lipinski definition) is 1. The van der Waals surface area contributed by atoms with E-state index in [0.717, 1.165) is 17.1 Å². The zero-order valence-electron chi connectivity index (χ0n) is 8.40. The van der Waals surface area contributed by atoms with Crippen molar-refractivity contribution in [3.63, 3.8) is 0 Å². The molecular formula is C11H12O4. The van der Waals surface area contributed by atoms with Gasteiger partial charge >= 0.3 is 5.97 Å². The molecule has 0 fully saturated rings. The number of benzene rings is 1. The number of rotatable bonds is 2. The number of ether oxygens (including phenoxy) is 2. The minimum absolute atomic E-state index is 0.245. The van der Waals surface area contributed by atoms with Crippen molar-refractivity contribution in [2.75, 3.05) is 13.7 Å². The van der Waals surface area contributed by atoms with Gasteiger partial charge < -0.3 is 14.6 Å². The van der Waals surface area contributed by atoms with Crippen molar-refractivity contribution in [3.8, 4) is 11.5 Å². The monoisotopic (exact) mass is 208 g/mol. The van der Waals surface area contributed by atoms with Crippen LogP contribution in [0.1, 0.15) is 5.56 Å². The fourth-order valence-electron chi connectivity index (χ4n) is 1.66. The number of carbonyl (C=O) groups is 1. The summed E-state index contributed by atoms with van der Waals surface area (Å²) in [4.78, 5) is 10.8. The second kappa shape index (κ2) is 3.81. The van der Waals surface area contributed by atoms with E-state index in [9.17, 15) is 4.79 Å². The van der Waals surface area contributed by atoms with Crippen molar-refractivity contribution in [1.82, 2.24) is 0 Å². The minimum Gasteiger partial charge on any atom is -0.497 e. The van der Waals surface area contributed by atoms with Crippen LogP contribution in [0.4, 0.5) is 0 Å². The van der Waals surface area contributed by atoms with Crippen LogP contribution in [0.15, 0.2) is 18.2 Å². The van der Waals surface area contributed by atoms with Crippen molar-refractivity contribution in [2.45, 2.75) is 6.42 Å². The Bertz CT molecular complexity index is 386. The highest BCUT2D eigenvalue weighted by Crippen LogP contribution is 2.30. The molecule has 1 aliphatic rings. The molecule has 1 aromatic rings. The van der Waals surface area contributed by atoms with E-state index < -0.39 is 11.9 Å². The number of hydrogen-bond acceptors (Lipinski definition) is 3. The quantitative estimate of drug-likeness (QED) is 0.796. The molecule has 0 bridgehead atoms. The fraction of sp³-hybridized carbons (Fsp3) is 0.364. The Morgan fingerprint density at radius 3 is 3.07 bits per heavy atom. The summed E-state index contributed by atoms with van der Waals surface area (Å²) < 4.78 is 10.4. The van der Waals surface area contributed by atoms with Crippen LogP contribution in [-0.2, 0) is 11.2 Å². The molecule has 0 radical (unpaired) electrons. The second-order valence-corrected chi connectivity index (χ2v) is 3.52. The van der Waals surface area contributed by atoms with Gasteiger partial charge in [-0.05, 0) is 30.2 Å². The molecule has 1 aliphatic heterocycles. The van der Waals surface area contributed by atoms with Crippen LogP contribution < -0.4 is 9.47 Å². The van der Waals surface area contributed by atoms with Gasteiger partial charge in [0.15, 0.2) is 0 Å². The van der Waals surface area contributed by atoms with Gasteiger partial charge in [0, 0.05) is 0 Å². The maximum Gasteiger partial charge on any atom is 0.310 e. The molecule has 1 unspecified atom stereocenters. The number of fused-ring (bicyclic) bond motifs is 1. The molecule has 1 heterocycles. The molecule has 1 atom stereocenters. The smallest absolute Gasteiger partial charge is 0.310 e. The van der Waals surface area contributed by atoms with Crippen molar-refractivity contribution >= 4 is 5.97 Å². The van der Waals surface area contributed by atoms with Crippen LogP contribution in [0, 0.1) is 5.92 Å². The van der Waals surface area contributed by atoms with Gasteiger partial charge in [-0.1, -0.05) is 0 Å². The lowest BCUT2D eigenvalue weighted by molar-refractivity contribution is -0.143. The summed E-state index contributed by atoms with van der Waals surface area (Å²) in [6.45, 7) is 0.245. The lowest BCUT2D eigenvalue weighted by atomic mass is 9.97. The van der Waals surface area contributed by atoms with E-state index in [4.69, 9.17) is 14.6 Å². The average Bonchev–Trinajstić information content (AvgIpc) is 2.27. The van der Waals surface area contributed by atoms with Gasteiger partial charge in [-0.15, -0.1) is 0 Å². The molecular weight excluding hydrogens is 196 g/mol. The van der Waals surface area contributed by atoms with Crippen molar-refractivity contribution in [1.29, 1.82) is 0 Å². The van der Waals surface area contributed by atoms with Crippen LogP contribution in [0.2, 0.25) is 0 Å². The maximum atomic E-state index is 10.8. The first kappa shape index (κ1) is 9.83. The molecule has 4 heteroatoms. The van der Waals surface area contributed by atoms with Gasteiger partial charge in [0.2, 0.25) is 0 Å². The van der Waals surface area contributed by atoms with Gasteiger partial charge in [0.1, 0.15) is 18.1 Å². The zero-order chi connectivity index (χ0) is 10.8. The Labute approximate surface area is 87.4 Å². The number of methoxy groups -OCH3 is 1. The lowest BCUT2D eigenvalue weighted by Gasteiger charge is -2.22. The van der Waals surface area contributed by atoms with E-state index in [1.54, 1.807) is 13.2 Å². The van der Waals surface area contributed by atoms with Crippen molar-refractivity contribution in [3.05, 3.63) is 23.8 Å². The third-order valence-corrected chi connectivity index (χ3v) is 2.52. The molecule has 0 spiro atoms. The van der Waals surface area contributed by atoms with Crippen LogP contribution in [0.25, 0.3) is 0 Å². The van der Waals surface area contributed by atoms with Gasteiger partial charge in [-0.3, -0.25) is 4.79 Å². The molecule has 0 aromatic heterocycles. The Balaban J connectivity index is 2.27. The summed E-state index contributed by atoms with van der Waals surface area (Å²) in [5.41, 5.74) is 0.896. The normalized spacial score (nSPS) is 18.9. The minimum atomic E-state index is -0.816. The summed E-state index contributed by atoms with van der Waals surface area (Å²) in [6, 6.07) is 5.44. The predicted molar refractivity (Wildman–Crippen MR) is 53.3 cm³/mol. The van der Waals surface area contributed by atoms with Crippen LogP contribution in [-0.4, -0.2) is 24.8 Å². The third kappa shape index (κ3) is 1.88. The van der Waals surface area contributed by atoms with E-state index in [-0.39, 0.29) is 6.61 Å². The molecule has 15 heavy (non-hydrogen) atoms. The van der Waals surface area contributed by atoms with E-state index in [2.05, 4.69) is 0 Å². The SMILES string of the molecule is COc1ccc2c(c1)CC(C(=O)O)CO2. The first-order valence-electron chi connectivity index (χ1n) is 4.73. The topological polar surface area (TPSA) is 55.8 Å². The van der Waals surface area contributed by atoms with Gasteiger partial charge in [0.25, 0.3) is 0 Å². The summed E-state index contributed by atoms with van der Waals surface area (Å²) in [6.07, 6.45) is 0.502. The van der Waals surface area contributed by atoms with Crippen molar-refractivity contribution < 1.29 is 19.4 Å². The highest BCUT2D eigenvalue weighted by atomic mass is 16.5. The molecule has 0 amide bonds. The molecule has 4 nitrogen and oxygen atoms in total. The fourth-order valence-corrected chi connectivity index (χ4v) is 1.66. The number of carboxylic acid groups (broad SMARTS) is 1. The second-order valence-electron chi connectivity index (χ2n) is 3.52. The van der Waals surface area contributed by atoms with Crippen molar-refractivity contribution in [2.24, 2.45) is 5.92 Å². The highest BCUT2D eigenvalue weighted by molar-refractivity contribution is 5.71. The van der Waals surface area contributed by atoms with Crippen LogP contribution in [0.5, 0.6) is 11.5 Å². The largest absolute Gasteiger partial charge is 0.497 e. The Morgan fingerprint density at radius 2 is 2.40 bits per heavy atom. The zero-order valence-corrected chi connectivity index (χ0v) is 8.40. The van der Waals surface area contributed by atoms with Crippen LogP contribution >= 0.6 is 0 Å². The summed E-state index contributed by atoms with van der Waals surface area (Å²) >= 11 is 0. The van der Waals surface area contributed by atoms with E-state index in [1.165, 1.54) is 0 Å². The Hall–Kier alpha value is -1.71. The van der Waals surface area contributed by atoms with Gasteiger partial charge in [0.05, 0.1) is 13.0 Å².